The molecule has 4 rings (SSSR count). The minimum absolute atomic E-state index is 0.185. The molecule has 4 heterocycles. The third-order valence-electron chi connectivity index (χ3n) is 4.47. The van der Waals surface area contributed by atoms with E-state index in [1.807, 2.05) is 11.8 Å². The third kappa shape index (κ3) is 2.53. The predicted octanol–water partition coefficient (Wildman–Crippen LogP) is 0.139. The minimum atomic E-state index is 0.185. The van der Waals surface area contributed by atoms with E-state index in [1.54, 1.807) is 16.9 Å². The first kappa shape index (κ1) is 14.2. The van der Waals surface area contributed by atoms with Crippen molar-refractivity contribution in [3.63, 3.8) is 0 Å². The number of nitrogens with zero attached hydrogens (tertiary/aromatic N) is 6. The van der Waals surface area contributed by atoms with Crippen LogP contribution in [-0.4, -0.2) is 79.8 Å². The Bertz CT molecular complexity index is 636. The average molecular weight is 321 g/mol. The lowest BCUT2D eigenvalue weighted by molar-refractivity contribution is -0.00924. The highest BCUT2D eigenvalue weighted by Gasteiger charge is 2.40. The molecule has 2 aromatic rings. The number of thioether (sulfide) groups is 1. The summed E-state index contributed by atoms with van der Waals surface area (Å²) >= 11 is 2.03. The van der Waals surface area contributed by atoms with Crippen LogP contribution >= 0.6 is 11.8 Å². The highest BCUT2D eigenvalue weighted by atomic mass is 32.2. The summed E-state index contributed by atoms with van der Waals surface area (Å²) in [6.07, 6.45) is 4.64. The van der Waals surface area contributed by atoms with E-state index in [-0.39, 0.29) is 5.54 Å². The van der Waals surface area contributed by atoms with Gasteiger partial charge in [-0.25, -0.2) is 0 Å². The van der Waals surface area contributed by atoms with Crippen LogP contribution in [0.25, 0.3) is 5.65 Å². The van der Waals surface area contributed by atoms with Crippen LogP contribution in [0.1, 0.15) is 6.42 Å². The number of hydrogen-bond acceptors (Lipinski definition) is 8. The highest BCUT2D eigenvalue weighted by Crippen LogP contribution is 2.34. The van der Waals surface area contributed by atoms with Crippen LogP contribution in [0.5, 0.6) is 0 Å². The van der Waals surface area contributed by atoms with Crippen LogP contribution in [0.4, 0.5) is 5.82 Å². The van der Waals surface area contributed by atoms with Crippen LogP contribution < -0.4 is 5.32 Å². The molecule has 0 aromatic carbocycles. The summed E-state index contributed by atoms with van der Waals surface area (Å²) in [6, 6.07) is 0. The van der Waals surface area contributed by atoms with Crippen LogP contribution in [0.15, 0.2) is 12.4 Å². The molecule has 0 amide bonds. The summed E-state index contributed by atoms with van der Waals surface area (Å²) in [5.41, 5.74) is 0.844. The van der Waals surface area contributed by atoms with Gasteiger partial charge in [-0.1, -0.05) is 0 Å². The Morgan fingerprint density at radius 2 is 2.23 bits per heavy atom. The fourth-order valence-electron chi connectivity index (χ4n) is 3.19. The molecule has 118 valence electrons. The van der Waals surface area contributed by atoms with Crippen molar-refractivity contribution in [2.45, 2.75) is 12.0 Å². The summed E-state index contributed by atoms with van der Waals surface area (Å²) in [5.74, 6) is 3.21. The molecule has 9 heteroatoms. The van der Waals surface area contributed by atoms with Crippen LogP contribution in [0.3, 0.4) is 0 Å². The van der Waals surface area contributed by atoms with Gasteiger partial charge >= 0.3 is 0 Å². The van der Waals surface area contributed by atoms with E-state index in [0.717, 1.165) is 44.4 Å². The molecule has 1 N–H and O–H groups in total. The summed E-state index contributed by atoms with van der Waals surface area (Å²) in [5, 5.41) is 15.2. The normalized spacial score (nSPS) is 26.5. The molecular weight excluding hydrogens is 302 g/mol. The molecule has 2 aromatic heterocycles. The molecule has 2 aliphatic heterocycles. The van der Waals surface area contributed by atoms with Crippen molar-refractivity contribution in [1.82, 2.24) is 29.9 Å². The molecule has 2 fully saturated rings. The number of hydrogen-bond donors (Lipinski definition) is 1. The molecule has 0 aliphatic carbocycles. The number of anilines is 1. The fraction of sp³-hybridized carbons (Fsp3) is 0.692. The molecule has 8 nitrogen and oxygen atoms in total. The summed E-state index contributed by atoms with van der Waals surface area (Å²) in [7, 11) is 0. The number of aromatic nitrogens is 5. The molecule has 2 aliphatic rings. The number of nitrogens with one attached hydrogen (secondary N) is 1. The lowest BCUT2D eigenvalue weighted by atomic mass is 9.95. The number of rotatable bonds is 4. The number of ether oxygens (including phenoxy) is 1. The monoisotopic (exact) mass is 321 g/mol. The third-order valence-corrected chi connectivity index (χ3v) is 5.71. The van der Waals surface area contributed by atoms with Crippen molar-refractivity contribution in [2.75, 3.05) is 49.7 Å². The Hall–Kier alpha value is -1.45. The summed E-state index contributed by atoms with van der Waals surface area (Å²) in [4.78, 5) is 6.78. The van der Waals surface area contributed by atoms with Gasteiger partial charge in [0.05, 0.1) is 25.6 Å². The smallest absolute Gasteiger partial charge is 0.199 e. The maximum atomic E-state index is 5.50. The predicted molar refractivity (Wildman–Crippen MR) is 84.1 cm³/mol. The molecule has 0 radical (unpaired) electrons. The van der Waals surface area contributed by atoms with Gasteiger partial charge in [-0.3, -0.25) is 9.88 Å². The number of tetrazole rings is 1. The average Bonchev–Trinajstić information content (AvgIpc) is 3.24. The maximum Gasteiger partial charge on any atom is 0.199 e. The van der Waals surface area contributed by atoms with Crippen LogP contribution in [-0.2, 0) is 4.74 Å². The largest absolute Gasteiger partial charge is 0.379 e. The second-order valence-electron chi connectivity index (χ2n) is 5.72. The molecule has 0 unspecified atom stereocenters. The van der Waals surface area contributed by atoms with Crippen molar-refractivity contribution in [3.8, 4) is 0 Å². The van der Waals surface area contributed by atoms with Gasteiger partial charge in [-0.2, -0.15) is 16.3 Å². The van der Waals surface area contributed by atoms with E-state index in [9.17, 15) is 0 Å². The lowest BCUT2D eigenvalue weighted by Gasteiger charge is -2.43. The van der Waals surface area contributed by atoms with Gasteiger partial charge in [0.2, 0.25) is 0 Å². The molecule has 22 heavy (non-hydrogen) atoms. The Labute approximate surface area is 132 Å². The van der Waals surface area contributed by atoms with Gasteiger partial charge in [0.25, 0.3) is 0 Å². The van der Waals surface area contributed by atoms with Gasteiger partial charge in [-0.05, 0) is 22.6 Å². The molecular formula is C13H19N7OS. The van der Waals surface area contributed by atoms with Gasteiger partial charge < -0.3 is 10.1 Å². The second kappa shape index (κ2) is 5.98. The van der Waals surface area contributed by atoms with E-state index in [0.29, 0.717) is 5.65 Å². The van der Waals surface area contributed by atoms with Crippen molar-refractivity contribution in [3.05, 3.63) is 12.4 Å². The Morgan fingerprint density at radius 3 is 3.05 bits per heavy atom. The van der Waals surface area contributed by atoms with Crippen LogP contribution in [0, 0.1) is 0 Å². The van der Waals surface area contributed by atoms with E-state index in [2.05, 4.69) is 30.7 Å². The van der Waals surface area contributed by atoms with Crippen molar-refractivity contribution in [2.24, 2.45) is 0 Å². The summed E-state index contributed by atoms with van der Waals surface area (Å²) < 4.78 is 7.20. The van der Waals surface area contributed by atoms with Gasteiger partial charge in [0.15, 0.2) is 5.65 Å². The van der Waals surface area contributed by atoms with Crippen molar-refractivity contribution in [1.29, 1.82) is 0 Å². The standard InChI is InChI=1S/C13H19N7OS/c1-6-22-10-13(1,19-2-4-21-5-3-19)9-15-11-7-14-8-12-16-17-18-20(11)12/h7-8,15H,1-6,9-10H2/t13-/m0/s1. The van der Waals surface area contributed by atoms with Crippen molar-refractivity contribution >= 4 is 23.2 Å². The first-order valence-electron chi connectivity index (χ1n) is 7.54. The zero-order chi connectivity index (χ0) is 14.8. The lowest BCUT2D eigenvalue weighted by Crippen LogP contribution is -2.57. The second-order valence-corrected chi connectivity index (χ2v) is 6.83. The highest BCUT2D eigenvalue weighted by molar-refractivity contribution is 7.99. The Kier molecular flexibility index (Phi) is 3.85. The topological polar surface area (TPSA) is 80.5 Å². The molecule has 1 atom stereocenters. The molecule has 0 saturated carbocycles. The van der Waals surface area contributed by atoms with E-state index >= 15 is 0 Å². The minimum Gasteiger partial charge on any atom is -0.379 e. The van der Waals surface area contributed by atoms with Crippen molar-refractivity contribution < 1.29 is 4.74 Å². The van der Waals surface area contributed by atoms with E-state index in [1.165, 1.54) is 12.2 Å². The Morgan fingerprint density at radius 1 is 1.32 bits per heavy atom. The molecule has 0 bridgehead atoms. The summed E-state index contributed by atoms with van der Waals surface area (Å²) in [6.45, 7) is 4.55. The van der Waals surface area contributed by atoms with E-state index < -0.39 is 0 Å². The van der Waals surface area contributed by atoms with Crippen LogP contribution in [0.2, 0.25) is 0 Å². The first-order chi connectivity index (χ1) is 10.9. The molecule has 0 spiro atoms. The number of fused-ring (bicyclic) bond motifs is 1. The number of morpholine rings is 1. The van der Waals surface area contributed by atoms with E-state index in [4.69, 9.17) is 4.74 Å². The van der Waals surface area contributed by atoms with Gasteiger partial charge in [0, 0.05) is 30.9 Å². The SMILES string of the molecule is c1ncc2nnnn2c1NC[C@@]1(N2CCOCC2)CCSC1. The van der Waals surface area contributed by atoms with Gasteiger partial charge in [0.1, 0.15) is 5.82 Å². The quantitative estimate of drug-likeness (QED) is 0.852. The first-order valence-corrected chi connectivity index (χ1v) is 8.69. The Balaban J connectivity index is 1.53. The molecule has 2 saturated heterocycles. The zero-order valence-electron chi connectivity index (χ0n) is 12.3. The van der Waals surface area contributed by atoms with Gasteiger partial charge in [-0.15, -0.1) is 5.10 Å². The maximum absolute atomic E-state index is 5.50. The zero-order valence-corrected chi connectivity index (χ0v) is 13.1. The fourth-order valence-corrected chi connectivity index (χ4v) is 4.66.